The van der Waals surface area contributed by atoms with Gasteiger partial charge in [0.05, 0.1) is 6.61 Å². The third kappa shape index (κ3) is 1.98. The second-order valence-corrected chi connectivity index (χ2v) is 4.98. The zero-order valence-electron chi connectivity index (χ0n) is 10.1. The Kier molecular flexibility index (Phi) is 2.89. The Labute approximate surface area is 102 Å². The van der Waals surface area contributed by atoms with E-state index < -0.39 is 0 Å². The summed E-state index contributed by atoms with van der Waals surface area (Å²) in [6.45, 7) is 0.794. The van der Waals surface area contributed by atoms with E-state index in [4.69, 9.17) is 10.5 Å². The highest BCUT2D eigenvalue weighted by molar-refractivity contribution is 5.40. The van der Waals surface area contributed by atoms with Crippen LogP contribution in [0.3, 0.4) is 0 Å². The maximum absolute atomic E-state index is 6.44. The standard InChI is InChI=1S/C15H19NO/c16-15(11-5-1-2-6-11)13-9-10-17-14-8-4-3-7-12(13)14/h3-5,7-8,13,15H,1-2,6,9-10,16H2. The van der Waals surface area contributed by atoms with E-state index in [0.717, 1.165) is 18.8 Å². The summed E-state index contributed by atoms with van der Waals surface area (Å²) in [4.78, 5) is 0. The van der Waals surface area contributed by atoms with Crippen molar-refractivity contribution in [1.29, 1.82) is 0 Å². The largest absolute Gasteiger partial charge is 0.493 e. The highest BCUT2D eigenvalue weighted by Gasteiger charge is 2.29. The van der Waals surface area contributed by atoms with E-state index in [0.29, 0.717) is 5.92 Å². The summed E-state index contributed by atoms with van der Waals surface area (Å²) >= 11 is 0. The van der Waals surface area contributed by atoms with Crippen LogP contribution in [0.4, 0.5) is 0 Å². The molecule has 2 aliphatic rings. The van der Waals surface area contributed by atoms with E-state index >= 15 is 0 Å². The minimum absolute atomic E-state index is 0.183. The smallest absolute Gasteiger partial charge is 0.122 e. The molecule has 0 aromatic heterocycles. The summed E-state index contributed by atoms with van der Waals surface area (Å²) in [7, 11) is 0. The minimum Gasteiger partial charge on any atom is -0.493 e. The molecule has 2 nitrogen and oxygen atoms in total. The van der Waals surface area contributed by atoms with Gasteiger partial charge in [-0.2, -0.15) is 0 Å². The third-order valence-corrected chi connectivity index (χ3v) is 3.94. The predicted octanol–water partition coefficient (Wildman–Crippen LogP) is 2.99. The zero-order chi connectivity index (χ0) is 11.7. The Bertz CT molecular complexity index is 438. The van der Waals surface area contributed by atoms with Crippen LogP contribution in [-0.2, 0) is 0 Å². The molecule has 1 aliphatic carbocycles. The van der Waals surface area contributed by atoms with Gasteiger partial charge >= 0.3 is 0 Å². The molecule has 2 unspecified atom stereocenters. The fourth-order valence-corrected chi connectivity index (χ4v) is 3.00. The quantitative estimate of drug-likeness (QED) is 0.791. The number of hydrogen-bond acceptors (Lipinski definition) is 2. The maximum Gasteiger partial charge on any atom is 0.122 e. The molecule has 1 heterocycles. The van der Waals surface area contributed by atoms with Crippen LogP contribution in [0.2, 0.25) is 0 Å². The summed E-state index contributed by atoms with van der Waals surface area (Å²) in [6.07, 6.45) is 7.03. The van der Waals surface area contributed by atoms with E-state index in [1.807, 2.05) is 6.07 Å². The second-order valence-electron chi connectivity index (χ2n) is 4.98. The van der Waals surface area contributed by atoms with E-state index in [9.17, 15) is 0 Å². The van der Waals surface area contributed by atoms with Gasteiger partial charge in [0.2, 0.25) is 0 Å². The maximum atomic E-state index is 6.44. The summed E-state index contributed by atoms with van der Waals surface area (Å²) in [6, 6.07) is 8.51. The molecule has 3 rings (SSSR count). The van der Waals surface area contributed by atoms with Crippen LogP contribution < -0.4 is 10.5 Å². The molecule has 0 bridgehead atoms. The molecule has 1 aromatic rings. The van der Waals surface area contributed by atoms with Crippen molar-refractivity contribution in [3.05, 3.63) is 41.5 Å². The van der Waals surface area contributed by atoms with Crippen molar-refractivity contribution in [2.75, 3.05) is 6.61 Å². The topological polar surface area (TPSA) is 35.2 Å². The first-order chi connectivity index (χ1) is 8.36. The number of ether oxygens (including phenoxy) is 1. The van der Waals surface area contributed by atoms with Gasteiger partial charge in [0.15, 0.2) is 0 Å². The highest BCUT2D eigenvalue weighted by Crippen LogP contribution is 2.38. The molecule has 17 heavy (non-hydrogen) atoms. The molecule has 0 fully saturated rings. The van der Waals surface area contributed by atoms with E-state index in [1.165, 1.54) is 30.4 Å². The molecule has 0 radical (unpaired) electrons. The number of allylic oxidation sites excluding steroid dienone is 1. The van der Waals surface area contributed by atoms with Gasteiger partial charge in [-0.05, 0) is 37.3 Å². The monoisotopic (exact) mass is 229 g/mol. The Hall–Kier alpha value is -1.28. The van der Waals surface area contributed by atoms with Crippen LogP contribution in [-0.4, -0.2) is 12.6 Å². The Morgan fingerprint density at radius 3 is 3.00 bits per heavy atom. The lowest BCUT2D eigenvalue weighted by atomic mass is 9.83. The predicted molar refractivity (Wildman–Crippen MR) is 69.2 cm³/mol. The number of para-hydroxylation sites is 1. The summed E-state index contributed by atoms with van der Waals surface area (Å²) < 4.78 is 5.69. The average molecular weight is 229 g/mol. The lowest BCUT2D eigenvalue weighted by Gasteiger charge is -2.31. The van der Waals surface area contributed by atoms with Crippen LogP contribution in [0.5, 0.6) is 5.75 Å². The van der Waals surface area contributed by atoms with Crippen LogP contribution in [0.15, 0.2) is 35.9 Å². The zero-order valence-corrected chi connectivity index (χ0v) is 10.1. The molecule has 0 amide bonds. The number of rotatable bonds is 2. The Morgan fingerprint density at radius 1 is 1.29 bits per heavy atom. The van der Waals surface area contributed by atoms with Gasteiger partial charge in [-0.25, -0.2) is 0 Å². The summed E-state index contributed by atoms with van der Waals surface area (Å²) in [5.41, 5.74) is 9.19. The second kappa shape index (κ2) is 4.53. The molecule has 1 aliphatic heterocycles. The molecular weight excluding hydrogens is 210 g/mol. The number of fused-ring (bicyclic) bond motifs is 1. The molecule has 1 aromatic carbocycles. The number of hydrogen-bond donors (Lipinski definition) is 1. The number of nitrogens with two attached hydrogens (primary N) is 1. The van der Waals surface area contributed by atoms with Gasteiger partial charge in [0, 0.05) is 12.0 Å². The van der Waals surface area contributed by atoms with Crippen molar-refractivity contribution in [2.24, 2.45) is 5.73 Å². The van der Waals surface area contributed by atoms with Crippen LogP contribution in [0, 0.1) is 0 Å². The van der Waals surface area contributed by atoms with Crippen molar-refractivity contribution in [3.63, 3.8) is 0 Å². The SMILES string of the molecule is NC(C1=CCCC1)C1CCOc2ccccc21. The summed E-state index contributed by atoms with van der Waals surface area (Å²) in [5.74, 6) is 1.46. The van der Waals surface area contributed by atoms with Gasteiger partial charge < -0.3 is 10.5 Å². The van der Waals surface area contributed by atoms with Gasteiger partial charge in [-0.15, -0.1) is 0 Å². The first-order valence-corrected chi connectivity index (χ1v) is 6.52. The highest BCUT2D eigenvalue weighted by atomic mass is 16.5. The third-order valence-electron chi connectivity index (χ3n) is 3.94. The van der Waals surface area contributed by atoms with Gasteiger partial charge in [0.1, 0.15) is 5.75 Å². The first-order valence-electron chi connectivity index (χ1n) is 6.52. The Morgan fingerprint density at radius 2 is 2.18 bits per heavy atom. The van der Waals surface area contributed by atoms with Gasteiger partial charge in [-0.3, -0.25) is 0 Å². The molecular formula is C15H19NO. The van der Waals surface area contributed by atoms with Crippen LogP contribution in [0.1, 0.15) is 37.2 Å². The van der Waals surface area contributed by atoms with Gasteiger partial charge in [-0.1, -0.05) is 29.8 Å². The molecule has 0 saturated heterocycles. The van der Waals surface area contributed by atoms with Crippen LogP contribution in [0.25, 0.3) is 0 Å². The van der Waals surface area contributed by atoms with E-state index in [1.54, 1.807) is 0 Å². The molecule has 0 saturated carbocycles. The normalized spacial score (nSPS) is 24.8. The lowest BCUT2D eigenvalue weighted by molar-refractivity contribution is 0.259. The Balaban J connectivity index is 1.89. The van der Waals surface area contributed by atoms with Crippen LogP contribution >= 0.6 is 0 Å². The molecule has 0 spiro atoms. The molecule has 90 valence electrons. The lowest BCUT2D eigenvalue weighted by Crippen LogP contribution is -2.33. The van der Waals surface area contributed by atoms with E-state index in [-0.39, 0.29) is 6.04 Å². The summed E-state index contributed by atoms with van der Waals surface area (Å²) in [5, 5.41) is 0. The van der Waals surface area contributed by atoms with Gasteiger partial charge in [0.25, 0.3) is 0 Å². The molecule has 2 N–H and O–H groups in total. The fraction of sp³-hybridized carbons (Fsp3) is 0.467. The van der Waals surface area contributed by atoms with Crippen molar-refractivity contribution < 1.29 is 4.74 Å². The average Bonchev–Trinajstić information content (AvgIpc) is 2.91. The minimum atomic E-state index is 0.183. The van der Waals surface area contributed by atoms with Crippen molar-refractivity contribution in [3.8, 4) is 5.75 Å². The first kappa shape index (κ1) is 10.8. The van der Waals surface area contributed by atoms with Crippen molar-refractivity contribution >= 4 is 0 Å². The van der Waals surface area contributed by atoms with Crippen molar-refractivity contribution in [2.45, 2.75) is 37.6 Å². The van der Waals surface area contributed by atoms with E-state index in [2.05, 4.69) is 24.3 Å². The molecule has 2 heteroatoms. The number of benzene rings is 1. The van der Waals surface area contributed by atoms with Crippen molar-refractivity contribution in [1.82, 2.24) is 0 Å². The molecule has 2 atom stereocenters. The fourth-order valence-electron chi connectivity index (χ4n) is 3.00.